The highest BCUT2D eigenvalue weighted by Crippen LogP contribution is 2.36. The van der Waals surface area contributed by atoms with Crippen LogP contribution in [0.5, 0.6) is 5.75 Å². The number of halogens is 1. The molecule has 3 atom stereocenters. The normalized spacial score (nSPS) is 28.7. The van der Waals surface area contributed by atoms with Gasteiger partial charge in [0.2, 0.25) is 5.91 Å². The van der Waals surface area contributed by atoms with E-state index < -0.39 is 0 Å². The number of nitrogens with two attached hydrogens (primary N) is 1. The van der Waals surface area contributed by atoms with E-state index in [0.717, 1.165) is 25.7 Å². The number of amides is 1. The number of carbonyl (C=O) groups excluding carboxylic acids is 1. The lowest BCUT2D eigenvalue weighted by molar-refractivity contribution is -0.124. The summed E-state index contributed by atoms with van der Waals surface area (Å²) in [6.45, 7) is 2.39. The van der Waals surface area contributed by atoms with E-state index in [1.165, 1.54) is 12.1 Å². The van der Waals surface area contributed by atoms with Gasteiger partial charge in [0.1, 0.15) is 17.7 Å². The monoisotopic (exact) mass is 292 g/mol. The molecule has 0 radical (unpaired) electrons. The lowest BCUT2D eigenvalue weighted by Crippen LogP contribution is -2.46. The molecule has 1 aliphatic heterocycles. The molecule has 0 spiro atoms. The van der Waals surface area contributed by atoms with E-state index in [1.807, 2.05) is 6.92 Å². The zero-order valence-corrected chi connectivity index (χ0v) is 12.2. The van der Waals surface area contributed by atoms with Crippen LogP contribution in [0.1, 0.15) is 32.6 Å². The van der Waals surface area contributed by atoms with Crippen LogP contribution in [0.3, 0.4) is 0 Å². The highest BCUT2D eigenvalue weighted by molar-refractivity contribution is 5.97. The van der Waals surface area contributed by atoms with Crippen molar-refractivity contribution in [3.8, 4) is 5.75 Å². The first-order valence-electron chi connectivity index (χ1n) is 7.58. The van der Waals surface area contributed by atoms with E-state index in [-0.39, 0.29) is 29.8 Å². The van der Waals surface area contributed by atoms with Gasteiger partial charge in [0.05, 0.1) is 12.2 Å². The van der Waals surface area contributed by atoms with E-state index in [2.05, 4.69) is 0 Å². The Morgan fingerprint density at radius 1 is 1.43 bits per heavy atom. The maximum atomic E-state index is 13.4. The zero-order valence-electron chi connectivity index (χ0n) is 12.2. The van der Waals surface area contributed by atoms with Crippen LogP contribution in [0.25, 0.3) is 0 Å². The number of anilines is 1. The van der Waals surface area contributed by atoms with Crippen molar-refractivity contribution in [3.63, 3.8) is 0 Å². The molecule has 1 saturated carbocycles. The summed E-state index contributed by atoms with van der Waals surface area (Å²) in [5.74, 6) is 0.155. The van der Waals surface area contributed by atoms with E-state index in [0.29, 0.717) is 18.0 Å². The Hall–Kier alpha value is -1.62. The predicted molar refractivity (Wildman–Crippen MR) is 78.8 cm³/mol. The molecule has 0 bridgehead atoms. The van der Waals surface area contributed by atoms with Gasteiger partial charge in [-0.3, -0.25) is 4.79 Å². The van der Waals surface area contributed by atoms with Gasteiger partial charge in [0.25, 0.3) is 0 Å². The standard InChI is InChI=1S/C16H21FN2O2/c1-10-9-19(14-6-5-12(17)8-15(14)21-10)16(20)11-3-2-4-13(18)7-11/h5-6,8,10-11,13H,2-4,7,9,18H2,1H3. The second-order valence-corrected chi connectivity index (χ2v) is 6.11. The summed E-state index contributed by atoms with van der Waals surface area (Å²) in [4.78, 5) is 14.6. The Morgan fingerprint density at radius 2 is 2.24 bits per heavy atom. The van der Waals surface area contributed by atoms with E-state index in [9.17, 15) is 9.18 Å². The van der Waals surface area contributed by atoms with Crippen molar-refractivity contribution >= 4 is 11.6 Å². The minimum Gasteiger partial charge on any atom is -0.487 e. The number of hydrogen-bond acceptors (Lipinski definition) is 3. The lowest BCUT2D eigenvalue weighted by atomic mass is 9.85. The second-order valence-electron chi connectivity index (χ2n) is 6.11. The molecule has 3 unspecified atom stereocenters. The minimum absolute atomic E-state index is 0.0306. The molecule has 1 fully saturated rings. The Kier molecular flexibility index (Phi) is 3.85. The van der Waals surface area contributed by atoms with Crippen molar-refractivity contribution in [3.05, 3.63) is 24.0 Å². The molecule has 0 aromatic heterocycles. The van der Waals surface area contributed by atoms with Crippen LogP contribution >= 0.6 is 0 Å². The molecular weight excluding hydrogens is 271 g/mol. The summed E-state index contributed by atoms with van der Waals surface area (Å²) in [5.41, 5.74) is 6.65. The highest BCUT2D eigenvalue weighted by Gasteiger charge is 2.34. The van der Waals surface area contributed by atoms with Gasteiger partial charge in [-0.15, -0.1) is 0 Å². The van der Waals surface area contributed by atoms with E-state index in [4.69, 9.17) is 10.5 Å². The van der Waals surface area contributed by atoms with Crippen molar-refractivity contribution in [2.24, 2.45) is 11.7 Å². The highest BCUT2D eigenvalue weighted by atomic mass is 19.1. The molecule has 114 valence electrons. The first-order valence-corrected chi connectivity index (χ1v) is 7.58. The Balaban J connectivity index is 1.86. The summed E-state index contributed by atoms with van der Waals surface area (Å²) in [6.07, 6.45) is 3.47. The topological polar surface area (TPSA) is 55.6 Å². The minimum atomic E-state index is -0.352. The van der Waals surface area contributed by atoms with Gasteiger partial charge >= 0.3 is 0 Å². The van der Waals surface area contributed by atoms with Crippen molar-refractivity contribution < 1.29 is 13.9 Å². The van der Waals surface area contributed by atoms with Gasteiger partial charge in [-0.2, -0.15) is 0 Å². The van der Waals surface area contributed by atoms with E-state index in [1.54, 1.807) is 11.0 Å². The number of nitrogens with zero attached hydrogens (tertiary/aromatic N) is 1. The van der Waals surface area contributed by atoms with Crippen LogP contribution in [0, 0.1) is 11.7 Å². The van der Waals surface area contributed by atoms with Crippen LogP contribution in [0.15, 0.2) is 18.2 Å². The van der Waals surface area contributed by atoms with Gasteiger partial charge < -0.3 is 15.4 Å². The van der Waals surface area contributed by atoms with Crippen LogP contribution in [0.4, 0.5) is 10.1 Å². The SMILES string of the molecule is CC1CN(C(=O)C2CCCC(N)C2)c2ccc(F)cc2O1. The number of rotatable bonds is 1. The summed E-state index contributed by atoms with van der Waals surface area (Å²) in [6, 6.07) is 4.44. The van der Waals surface area contributed by atoms with Gasteiger partial charge in [0, 0.05) is 18.0 Å². The Bertz CT molecular complexity index is 549. The van der Waals surface area contributed by atoms with Crippen LogP contribution in [0.2, 0.25) is 0 Å². The molecule has 1 heterocycles. The third-order valence-electron chi connectivity index (χ3n) is 4.31. The molecule has 0 saturated heterocycles. The number of benzene rings is 1. The smallest absolute Gasteiger partial charge is 0.230 e. The summed E-state index contributed by atoms with van der Waals surface area (Å²) >= 11 is 0. The van der Waals surface area contributed by atoms with Crippen LogP contribution < -0.4 is 15.4 Å². The molecule has 2 aliphatic rings. The average molecular weight is 292 g/mol. The van der Waals surface area contributed by atoms with Gasteiger partial charge in [-0.1, -0.05) is 6.42 Å². The molecule has 1 aliphatic carbocycles. The molecule has 4 nitrogen and oxygen atoms in total. The molecule has 1 amide bonds. The fourth-order valence-electron chi connectivity index (χ4n) is 3.30. The zero-order chi connectivity index (χ0) is 15.0. The fraction of sp³-hybridized carbons (Fsp3) is 0.562. The number of fused-ring (bicyclic) bond motifs is 1. The Labute approximate surface area is 124 Å². The van der Waals surface area contributed by atoms with Crippen molar-refractivity contribution in [2.45, 2.75) is 44.8 Å². The molecular formula is C16H21FN2O2. The third-order valence-corrected chi connectivity index (χ3v) is 4.31. The van der Waals surface area contributed by atoms with Gasteiger partial charge in [0.15, 0.2) is 0 Å². The molecule has 1 aromatic rings. The molecule has 2 N–H and O–H groups in total. The van der Waals surface area contributed by atoms with Gasteiger partial charge in [-0.05, 0) is 38.3 Å². The second kappa shape index (κ2) is 5.64. The summed E-state index contributed by atoms with van der Waals surface area (Å²) < 4.78 is 19.0. The fourth-order valence-corrected chi connectivity index (χ4v) is 3.30. The Morgan fingerprint density at radius 3 is 3.00 bits per heavy atom. The first-order chi connectivity index (χ1) is 10.0. The maximum absolute atomic E-state index is 13.4. The van der Waals surface area contributed by atoms with Crippen molar-refractivity contribution in [1.29, 1.82) is 0 Å². The van der Waals surface area contributed by atoms with Crippen LogP contribution in [-0.2, 0) is 4.79 Å². The third kappa shape index (κ3) is 2.88. The largest absolute Gasteiger partial charge is 0.487 e. The molecule has 21 heavy (non-hydrogen) atoms. The summed E-state index contributed by atoms with van der Waals surface area (Å²) in [5, 5.41) is 0. The van der Waals surface area contributed by atoms with Gasteiger partial charge in [-0.25, -0.2) is 4.39 Å². The number of carbonyl (C=O) groups is 1. The average Bonchev–Trinajstić information content (AvgIpc) is 2.45. The number of ether oxygens (including phenoxy) is 1. The van der Waals surface area contributed by atoms with Crippen molar-refractivity contribution in [1.82, 2.24) is 0 Å². The molecule has 5 heteroatoms. The van der Waals surface area contributed by atoms with Crippen LogP contribution in [-0.4, -0.2) is 24.6 Å². The molecule has 3 rings (SSSR count). The molecule has 1 aromatic carbocycles. The predicted octanol–water partition coefficient (Wildman–Crippen LogP) is 2.46. The quantitative estimate of drug-likeness (QED) is 0.865. The maximum Gasteiger partial charge on any atom is 0.230 e. The van der Waals surface area contributed by atoms with Crippen molar-refractivity contribution in [2.75, 3.05) is 11.4 Å². The first kappa shape index (κ1) is 14.3. The summed E-state index contributed by atoms with van der Waals surface area (Å²) in [7, 11) is 0. The number of hydrogen-bond donors (Lipinski definition) is 1. The lowest BCUT2D eigenvalue weighted by Gasteiger charge is -2.37. The van der Waals surface area contributed by atoms with E-state index >= 15 is 0 Å².